The summed E-state index contributed by atoms with van der Waals surface area (Å²) in [4.78, 5) is 40.7. The first kappa shape index (κ1) is 22.6. The molecule has 2 aliphatic rings. The molecular formula is C23H21BrN2O5S. The van der Waals surface area contributed by atoms with Crippen molar-refractivity contribution in [3.05, 3.63) is 69.0 Å². The van der Waals surface area contributed by atoms with Crippen molar-refractivity contribution < 1.29 is 23.9 Å². The summed E-state index contributed by atoms with van der Waals surface area (Å²) in [5.74, 6) is 0.133. The number of ether oxygens (including phenoxy) is 2. The van der Waals surface area contributed by atoms with Gasteiger partial charge in [-0.2, -0.15) is 0 Å². The SMILES string of the molecule is O=C(COc1ccc(/C=C2\SC(=O)N(Cc3ccccc3)C2=O)cc1Br)N1CCOCC1. The van der Waals surface area contributed by atoms with Crippen LogP contribution in [0.15, 0.2) is 57.9 Å². The fraction of sp³-hybridized carbons (Fsp3) is 0.261. The molecule has 2 aromatic carbocycles. The second-order valence-electron chi connectivity index (χ2n) is 7.23. The zero-order chi connectivity index (χ0) is 22.5. The third-order valence-corrected chi connectivity index (χ3v) is 6.55. The molecule has 3 amide bonds. The Bertz CT molecular complexity index is 1050. The average Bonchev–Trinajstić information content (AvgIpc) is 3.07. The summed E-state index contributed by atoms with van der Waals surface area (Å²) in [6.07, 6.45) is 1.68. The predicted octanol–water partition coefficient (Wildman–Crippen LogP) is 3.92. The quantitative estimate of drug-likeness (QED) is 0.541. The molecule has 4 rings (SSSR count). The Morgan fingerprint density at radius 2 is 1.88 bits per heavy atom. The molecule has 0 spiro atoms. The van der Waals surface area contributed by atoms with Crippen molar-refractivity contribution in [3.63, 3.8) is 0 Å². The molecule has 0 saturated carbocycles. The minimum atomic E-state index is -0.309. The first-order valence-corrected chi connectivity index (χ1v) is 11.7. The van der Waals surface area contributed by atoms with Gasteiger partial charge in [-0.05, 0) is 57.0 Å². The molecule has 9 heteroatoms. The Kier molecular flexibility index (Phi) is 7.29. The molecule has 0 radical (unpaired) electrons. The summed E-state index contributed by atoms with van der Waals surface area (Å²) in [6.45, 7) is 2.41. The van der Waals surface area contributed by atoms with Gasteiger partial charge in [0.2, 0.25) is 0 Å². The summed E-state index contributed by atoms with van der Waals surface area (Å²) in [6, 6.07) is 14.7. The Morgan fingerprint density at radius 3 is 2.59 bits per heavy atom. The fourth-order valence-electron chi connectivity index (χ4n) is 3.32. The third kappa shape index (κ3) is 5.40. The highest BCUT2D eigenvalue weighted by Crippen LogP contribution is 2.34. The summed E-state index contributed by atoms with van der Waals surface area (Å²) < 4.78 is 11.6. The summed E-state index contributed by atoms with van der Waals surface area (Å²) in [7, 11) is 0. The molecule has 2 fully saturated rings. The number of halogens is 1. The number of nitrogens with zero attached hydrogens (tertiary/aromatic N) is 2. The predicted molar refractivity (Wildman–Crippen MR) is 125 cm³/mol. The molecule has 166 valence electrons. The van der Waals surface area contributed by atoms with Crippen molar-refractivity contribution in [2.45, 2.75) is 6.54 Å². The van der Waals surface area contributed by atoms with Gasteiger partial charge in [0.1, 0.15) is 5.75 Å². The summed E-state index contributed by atoms with van der Waals surface area (Å²) in [5, 5.41) is -0.286. The lowest BCUT2D eigenvalue weighted by atomic mass is 10.2. The van der Waals surface area contributed by atoms with E-state index in [0.29, 0.717) is 41.4 Å². The highest BCUT2D eigenvalue weighted by atomic mass is 79.9. The van der Waals surface area contributed by atoms with Crippen LogP contribution in [0.1, 0.15) is 11.1 Å². The van der Waals surface area contributed by atoms with E-state index in [-0.39, 0.29) is 30.2 Å². The van der Waals surface area contributed by atoms with Gasteiger partial charge in [-0.3, -0.25) is 19.3 Å². The van der Waals surface area contributed by atoms with E-state index >= 15 is 0 Å². The number of rotatable bonds is 6. The average molecular weight is 517 g/mol. The van der Waals surface area contributed by atoms with Gasteiger partial charge in [-0.1, -0.05) is 36.4 Å². The lowest BCUT2D eigenvalue weighted by molar-refractivity contribution is -0.137. The van der Waals surface area contributed by atoms with Crippen LogP contribution in [0.2, 0.25) is 0 Å². The number of hydrogen-bond acceptors (Lipinski definition) is 6. The number of amides is 3. The monoisotopic (exact) mass is 516 g/mol. The van der Waals surface area contributed by atoms with Crippen LogP contribution in [0.25, 0.3) is 6.08 Å². The van der Waals surface area contributed by atoms with E-state index in [1.54, 1.807) is 29.2 Å². The number of morpholine rings is 1. The van der Waals surface area contributed by atoms with Gasteiger partial charge in [-0.25, -0.2) is 0 Å². The number of imide groups is 1. The van der Waals surface area contributed by atoms with Crippen LogP contribution >= 0.6 is 27.7 Å². The minimum Gasteiger partial charge on any atom is -0.483 e. The topological polar surface area (TPSA) is 76.2 Å². The largest absolute Gasteiger partial charge is 0.483 e. The molecule has 0 unspecified atom stereocenters. The molecule has 2 aliphatic heterocycles. The highest BCUT2D eigenvalue weighted by Gasteiger charge is 2.35. The molecule has 0 atom stereocenters. The number of benzene rings is 2. The smallest absolute Gasteiger partial charge is 0.293 e. The maximum absolute atomic E-state index is 12.7. The molecule has 0 aliphatic carbocycles. The molecule has 2 saturated heterocycles. The van der Waals surface area contributed by atoms with Crippen LogP contribution in [0.4, 0.5) is 4.79 Å². The molecule has 2 aromatic rings. The van der Waals surface area contributed by atoms with Gasteiger partial charge in [0.15, 0.2) is 6.61 Å². The molecule has 0 N–H and O–H groups in total. The van der Waals surface area contributed by atoms with Gasteiger partial charge < -0.3 is 14.4 Å². The van der Waals surface area contributed by atoms with Crippen LogP contribution in [0.5, 0.6) is 5.75 Å². The lowest BCUT2D eigenvalue weighted by Crippen LogP contribution is -2.43. The zero-order valence-corrected chi connectivity index (χ0v) is 19.6. The molecule has 32 heavy (non-hydrogen) atoms. The van der Waals surface area contributed by atoms with Crippen LogP contribution in [-0.4, -0.2) is 59.8 Å². The number of carbonyl (C=O) groups excluding carboxylic acids is 3. The third-order valence-electron chi connectivity index (χ3n) is 5.03. The van der Waals surface area contributed by atoms with Crippen LogP contribution in [-0.2, 0) is 20.9 Å². The minimum absolute atomic E-state index is 0.0592. The normalized spacial score (nSPS) is 17.8. The first-order chi connectivity index (χ1) is 15.5. The maximum Gasteiger partial charge on any atom is 0.293 e. The molecule has 0 aromatic heterocycles. The van der Waals surface area contributed by atoms with E-state index in [9.17, 15) is 14.4 Å². The van der Waals surface area contributed by atoms with Gasteiger partial charge in [0.25, 0.3) is 17.1 Å². The van der Waals surface area contributed by atoms with Gasteiger partial charge in [0.05, 0.1) is 29.1 Å². The number of hydrogen-bond donors (Lipinski definition) is 0. The number of thioether (sulfide) groups is 1. The van der Waals surface area contributed by atoms with Gasteiger partial charge >= 0.3 is 0 Å². The van der Waals surface area contributed by atoms with E-state index in [0.717, 1.165) is 22.9 Å². The lowest BCUT2D eigenvalue weighted by Gasteiger charge is -2.26. The Balaban J connectivity index is 1.39. The van der Waals surface area contributed by atoms with E-state index in [2.05, 4.69) is 15.9 Å². The summed E-state index contributed by atoms with van der Waals surface area (Å²) >= 11 is 4.39. The Hall–Kier alpha value is -2.62. The van der Waals surface area contributed by atoms with Crippen molar-refractivity contribution in [1.82, 2.24) is 9.80 Å². The van der Waals surface area contributed by atoms with Crippen molar-refractivity contribution in [2.24, 2.45) is 0 Å². The van der Waals surface area contributed by atoms with Crippen molar-refractivity contribution in [1.29, 1.82) is 0 Å². The first-order valence-electron chi connectivity index (χ1n) is 10.1. The Labute approximate surface area is 198 Å². The standard InChI is InChI=1S/C23H21BrN2O5S/c24-18-12-17(6-7-19(18)31-15-21(27)25-8-10-30-11-9-25)13-20-22(28)26(23(29)32-20)14-16-4-2-1-3-5-16/h1-7,12-13H,8-11,14-15H2/b20-13-. The van der Waals surface area contributed by atoms with Crippen molar-refractivity contribution in [3.8, 4) is 5.75 Å². The van der Waals surface area contributed by atoms with Crippen LogP contribution in [0, 0.1) is 0 Å². The zero-order valence-electron chi connectivity index (χ0n) is 17.2. The molecule has 2 heterocycles. The molecule has 7 nitrogen and oxygen atoms in total. The van der Waals surface area contributed by atoms with Crippen LogP contribution < -0.4 is 4.74 Å². The summed E-state index contributed by atoms with van der Waals surface area (Å²) in [5.41, 5.74) is 1.64. The van der Waals surface area contributed by atoms with Gasteiger partial charge in [-0.15, -0.1) is 0 Å². The van der Waals surface area contributed by atoms with Crippen molar-refractivity contribution in [2.75, 3.05) is 32.9 Å². The molecule has 0 bridgehead atoms. The van der Waals surface area contributed by atoms with Crippen molar-refractivity contribution >= 4 is 50.8 Å². The fourth-order valence-corrected chi connectivity index (χ4v) is 4.67. The number of carbonyl (C=O) groups is 3. The van der Waals surface area contributed by atoms with E-state index in [1.807, 2.05) is 30.3 Å². The maximum atomic E-state index is 12.7. The molecular weight excluding hydrogens is 496 g/mol. The second kappa shape index (κ2) is 10.3. The van der Waals surface area contributed by atoms with E-state index in [1.165, 1.54) is 4.90 Å². The second-order valence-corrected chi connectivity index (χ2v) is 9.07. The van der Waals surface area contributed by atoms with E-state index < -0.39 is 0 Å². The van der Waals surface area contributed by atoms with Crippen LogP contribution in [0.3, 0.4) is 0 Å². The van der Waals surface area contributed by atoms with Gasteiger partial charge in [0, 0.05) is 13.1 Å². The van der Waals surface area contributed by atoms with E-state index in [4.69, 9.17) is 9.47 Å². The Morgan fingerprint density at radius 1 is 1.12 bits per heavy atom. The highest BCUT2D eigenvalue weighted by molar-refractivity contribution is 9.10.